The molecule has 0 saturated carbocycles. The van der Waals surface area contributed by atoms with Crippen molar-refractivity contribution in [1.29, 1.82) is 0 Å². The molecule has 0 aliphatic heterocycles. The highest BCUT2D eigenvalue weighted by Gasteiger charge is 2.35. The molecule has 7 nitrogen and oxygen atoms in total. The van der Waals surface area contributed by atoms with E-state index >= 15 is 0 Å². The minimum Gasteiger partial charge on any atom is -0.251 e. The van der Waals surface area contributed by atoms with Gasteiger partial charge in [0.05, 0.1) is 22.6 Å². The van der Waals surface area contributed by atoms with Gasteiger partial charge in [-0.2, -0.15) is 18.3 Å². The number of fused-ring (bicyclic) bond motifs is 1. The molecule has 0 spiro atoms. The molecule has 0 unspecified atom stereocenters. The van der Waals surface area contributed by atoms with Crippen LogP contribution in [0, 0.1) is 0 Å². The lowest BCUT2D eigenvalue weighted by Crippen LogP contribution is -2.12. The molecule has 0 aliphatic rings. The standard InChI is InChI=1S/C18H11ClF3N5O2S/c19-12-4-3-10(8-15(12)30(23,28)29)14-9-27-16(25-14)6-5-13(26-27)11-2-1-7-24-17(11)18(20,21)22/h1-9H,(H2,23,28,29). The monoisotopic (exact) mass is 453 g/mol. The van der Waals surface area contributed by atoms with E-state index in [1.54, 1.807) is 6.07 Å². The number of alkyl halides is 3. The van der Waals surface area contributed by atoms with Crippen LogP contribution < -0.4 is 5.14 Å². The van der Waals surface area contributed by atoms with Crippen LogP contribution in [0.25, 0.3) is 28.2 Å². The van der Waals surface area contributed by atoms with Crippen molar-refractivity contribution in [3.05, 3.63) is 65.6 Å². The Morgan fingerprint density at radius 3 is 2.53 bits per heavy atom. The Balaban J connectivity index is 1.82. The largest absolute Gasteiger partial charge is 0.434 e. The minimum absolute atomic E-state index is 0.0401. The highest BCUT2D eigenvalue weighted by atomic mass is 35.5. The van der Waals surface area contributed by atoms with E-state index in [0.717, 1.165) is 6.20 Å². The number of aromatic nitrogens is 4. The molecule has 2 N–H and O–H groups in total. The average molecular weight is 454 g/mol. The molecule has 0 aliphatic carbocycles. The molecule has 0 amide bonds. The van der Waals surface area contributed by atoms with E-state index in [1.165, 1.54) is 47.1 Å². The molecular formula is C18H11ClF3N5O2S. The van der Waals surface area contributed by atoms with Gasteiger partial charge in [0.25, 0.3) is 0 Å². The van der Waals surface area contributed by atoms with Crippen molar-refractivity contribution in [2.45, 2.75) is 11.1 Å². The van der Waals surface area contributed by atoms with Gasteiger partial charge in [-0.05, 0) is 36.4 Å². The van der Waals surface area contributed by atoms with Crippen molar-refractivity contribution in [3.8, 4) is 22.5 Å². The van der Waals surface area contributed by atoms with Crippen LogP contribution in [-0.4, -0.2) is 28.0 Å². The topological polar surface area (TPSA) is 103 Å². The summed E-state index contributed by atoms with van der Waals surface area (Å²) in [6, 6.07) is 9.74. The summed E-state index contributed by atoms with van der Waals surface area (Å²) in [5, 5.41) is 9.32. The van der Waals surface area contributed by atoms with E-state index in [1.807, 2.05) is 0 Å². The molecule has 12 heteroatoms. The fourth-order valence-electron chi connectivity index (χ4n) is 2.88. The van der Waals surface area contributed by atoms with Crippen LogP contribution in [0.15, 0.2) is 59.8 Å². The second-order valence-corrected chi connectivity index (χ2v) is 8.17. The quantitative estimate of drug-likeness (QED) is 0.508. The second-order valence-electron chi connectivity index (χ2n) is 6.24. The number of nitrogens with two attached hydrogens (primary N) is 1. The fourth-order valence-corrected chi connectivity index (χ4v) is 3.95. The van der Waals surface area contributed by atoms with E-state index in [4.69, 9.17) is 16.7 Å². The Morgan fingerprint density at radius 1 is 1.07 bits per heavy atom. The number of primary sulfonamides is 1. The first kappa shape index (κ1) is 20.3. The van der Waals surface area contributed by atoms with Gasteiger partial charge in [0.1, 0.15) is 4.90 Å². The zero-order valence-corrected chi connectivity index (χ0v) is 16.4. The van der Waals surface area contributed by atoms with Crippen molar-refractivity contribution in [1.82, 2.24) is 19.6 Å². The number of sulfonamides is 1. The van der Waals surface area contributed by atoms with Crippen molar-refractivity contribution in [2.24, 2.45) is 5.14 Å². The molecule has 30 heavy (non-hydrogen) atoms. The zero-order valence-electron chi connectivity index (χ0n) is 14.8. The van der Waals surface area contributed by atoms with Gasteiger partial charge in [-0.25, -0.2) is 23.1 Å². The van der Waals surface area contributed by atoms with Crippen molar-refractivity contribution in [3.63, 3.8) is 0 Å². The molecule has 4 rings (SSSR count). The van der Waals surface area contributed by atoms with Gasteiger partial charge in [0.15, 0.2) is 11.3 Å². The Bertz CT molecular complexity index is 1390. The molecule has 0 fully saturated rings. The average Bonchev–Trinajstić information content (AvgIpc) is 3.10. The summed E-state index contributed by atoms with van der Waals surface area (Å²) in [4.78, 5) is 7.49. The number of benzene rings is 1. The Hall–Kier alpha value is -3.02. The highest BCUT2D eigenvalue weighted by molar-refractivity contribution is 7.89. The summed E-state index contributed by atoms with van der Waals surface area (Å²) in [6.07, 6.45) is -2.12. The van der Waals surface area contributed by atoms with E-state index in [-0.39, 0.29) is 21.2 Å². The first-order chi connectivity index (χ1) is 14.0. The molecule has 0 atom stereocenters. The maximum Gasteiger partial charge on any atom is 0.434 e. The molecule has 0 radical (unpaired) electrons. The lowest BCUT2D eigenvalue weighted by molar-refractivity contribution is -0.140. The number of hydrogen-bond donors (Lipinski definition) is 1. The van der Waals surface area contributed by atoms with Gasteiger partial charge in [0, 0.05) is 17.3 Å². The van der Waals surface area contributed by atoms with Crippen LogP contribution in [0.1, 0.15) is 5.69 Å². The number of rotatable bonds is 3. The van der Waals surface area contributed by atoms with Gasteiger partial charge in [-0.3, -0.25) is 4.98 Å². The number of hydrogen-bond acceptors (Lipinski definition) is 5. The van der Waals surface area contributed by atoms with E-state index in [2.05, 4.69) is 15.1 Å². The maximum absolute atomic E-state index is 13.3. The Labute approximate surface area is 173 Å². The summed E-state index contributed by atoms with van der Waals surface area (Å²) >= 11 is 5.89. The van der Waals surface area contributed by atoms with Crippen molar-refractivity contribution >= 4 is 27.3 Å². The second kappa shape index (κ2) is 7.04. The Morgan fingerprint density at radius 2 is 1.83 bits per heavy atom. The smallest absolute Gasteiger partial charge is 0.251 e. The van der Waals surface area contributed by atoms with Crippen LogP contribution in [-0.2, 0) is 16.2 Å². The third kappa shape index (κ3) is 3.74. The van der Waals surface area contributed by atoms with Gasteiger partial charge in [0.2, 0.25) is 10.0 Å². The molecule has 0 saturated heterocycles. The van der Waals surface area contributed by atoms with Crippen molar-refractivity contribution in [2.75, 3.05) is 0 Å². The number of nitrogens with zero attached hydrogens (tertiary/aromatic N) is 4. The van der Waals surface area contributed by atoms with E-state index in [9.17, 15) is 21.6 Å². The molecule has 154 valence electrons. The Kier molecular flexibility index (Phi) is 4.76. The van der Waals surface area contributed by atoms with Gasteiger partial charge >= 0.3 is 6.18 Å². The van der Waals surface area contributed by atoms with Crippen LogP contribution in [0.3, 0.4) is 0 Å². The molecule has 1 aromatic carbocycles. The zero-order chi connectivity index (χ0) is 21.7. The predicted molar refractivity (Wildman–Crippen MR) is 103 cm³/mol. The normalized spacial score (nSPS) is 12.4. The molecule has 3 aromatic heterocycles. The van der Waals surface area contributed by atoms with Crippen LogP contribution in [0.4, 0.5) is 13.2 Å². The summed E-state index contributed by atoms with van der Waals surface area (Å²) in [6.45, 7) is 0. The number of pyridine rings is 1. The summed E-state index contributed by atoms with van der Waals surface area (Å²) in [5.74, 6) is 0. The third-order valence-electron chi connectivity index (χ3n) is 4.21. The molecular weight excluding hydrogens is 443 g/mol. The number of imidazole rings is 1. The van der Waals surface area contributed by atoms with Gasteiger partial charge < -0.3 is 0 Å². The first-order valence-electron chi connectivity index (χ1n) is 8.26. The SMILES string of the molecule is NS(=O)(=O)c1cc(-c2cn3nc(-c4cccnc4C(F)(F)F)ccc3n2)ccc1Cl. The summed E-state index contributed by atoms with van der Waals surface area (Å²) in [7, 11) is -4.05. The van der Waals surface area contributed by atoms with Gasteiger partial charge in [-0.1, -0.05) is 17.7 Å². The van der Waals surface area contributed by atoms with E-state index in [0.29, 0.717) is 16.9 Å². The van der Waals surface area contributed by atoms with Crippen LogP contribution in [0.2, 0.25) is 5.02 Å². The lowest BCUT2D eigenvalue weighted by Gasteiger charge is -2.10. The third-order valence-corrected chi connectivity index (χ3v) is 5.60. The highest BCUT2D eigenvalue weighted by Crippen LogP contribution is 2.35. The van der Waals surface area contributed by atoms with Gasteiger partial charge in [-0.15, -0.1) is 0 Å². The lowest BCUT2D eigenvalue weighted by atomic mass is 10.1. The van der Waals surface area contributed by atoms with Crippen molar-refractivity contribution < 1.29 is 21.6 Å². The maximum atomic E-state index is 13.3. The summed E-state index contributed by atoms with van der Waals surface area (Å²) < 4.78 is 64.4. The van der Waals surface area contributed by atoms with E-state index < -0.39 is 21.9 Å². The summed E-state index contributed by atoms with van der Waals surface area (Å²) in [5.41, 5.74) is -0.0966. The van der Waals surface area contributed by atoms with Crippen LogP contribution in [0.5, 0.6) is 0 Å². The molecule has 0 bridgehead atoms. The minimum atomic E-state index is -4.64. The molecule has 4 aromatic rings. The fraction of sp³-hybridized carbons (Fsp3) is 0.0556. The first-order valence-corrected chi connectivity index (χ1v) is 10.2. The molecule has 3 heterocycles. The number of halogens is 4. The van der Waals surface area contributed by atoms with Crippen LogP contribution >= 0.6 is 11.6 Å². The predicted octanol–water partition coefficient (Wildman–Crippen LogP) is 3.78.